The molecule has 1 amide bonds. The third-order valence-corrected chi connectivity index (χ3v) is 3.18. The van der Waals surface area contributed by atoms with Crippen LogP contribution in [-0.2, 0) is 0 Å². The average molecular weight is 352 g/mol. The Bertz CT molecular complexity index is 626. The van der Waals surface area contributed by atoms with Gasteiger partial charge in [-0.3, -0.25) is 4.79 Å². The molecule has 2 aromatic rings. The number of ether oxygens (including phenoxy) is 1. The minimum atomic E-state index is -0.468. The maximum Gasteiger partial charge on any atom is 0.255 e. The predicted molar refractivity (Wildman–Crippen MR) is 84.3 cm³/mol. The summed E-state index contributed by atoms with van der Waals surface area (Å²) in [7, 11) is 0. The Morgan fingerprint density at radius 2 is 2.05 bits per heavy atom. The molecule has 0 radical (unpaired) electrons. The maximum atomic E-state index is 13.3. The quantitative estimate of drug-likeness (QED) is 0.852. The van der Waals surface area contributed by atoms with Gasteiger partial charge in [0.25, 0.3) is 5.91 Å². The summed E-state index contributed by atoms with van der Waals surface area (Å²) in [6.07, 6.45) is 0.874. The highest BCUT2D eigenvalue weighted by Crippen LogP contribution is 2.25. The first-order valence-corrected chi connectivity index (χ1v) is 7.38. The number of para-hydroxylation sites is 2. The zero-order valence-electron chi connectivity index (χ0n) is 11.5. The first-order chi connectivity index (χ1) is 10.1. The van der Waals surface area contributed by atoms with Crippen LogP contribution in [0.3, 0.4) is 0 Å². The van der Waals surface area contributed by atoms with E-state index in [9.17, 15) is 9.18 Å². The Morgan fingerprint density at radius 3 is 2.76 bits per heavy atom. The molecule has 0 spiro atoms. The Kier molecular flexibility index (Phi) is 5.33. The lowest BCUT2D eigenvalue weighted by atomic mass is 10.2. The third kappa shape index (κ3) is 4.29. The van der Waals surface area contributed by atoms with Crippen molar-refractivity contribution in [2.45, 2.75) is 13.3 Å². The van der Waals surface area contributed by atoms with Crippen LogP contribution in [0, 0.1) is 5.82 Å². The number of hydrogen-bond acceptors (Lipinski definition) is 2. The fourth-order valence-corrected chi connectivity index (χ4v) is 2.25. The fraction of sp³-hybridized carbons (Fsp3) is 0.188. The second-order valence-corrected chi connectivity index (χ2v) is 5.37. The van der Waals surface area contributed by atoms with Crippen molar-refractivity contribution in [1.29, 1.82) is 0 Å². The van der Waals surface area contributed by atoms with E-state index in [0.717, 1.165) is 6.42 Å². The van der Waals surface area contributed by atoms with Crippen LogP contribution >= 0.6 is 15.9 Å². The molecule has 3 nitrogen and oxygen atoms in total. The van der Waals surface area contributed by atoms with Crippen LogP contribution < -0.4 is 10.1 Å². The predicted octanol–water partition coefficient (Wildman–Crippen LogP) is 4.63. The second-order valence-electron chi connectivity index (χ2n) is 4.46. The van der Waals surface area contributed by atoms with Crippen molar-refractivity contribution in [3.8, 4) is 5.75 Å². The summed E-state index contributed by atoms with van der Waals surface area (Å²) in [5, 5.41) is 2.74. The normalized spacial score (nSPS) is 10.2. The van der Waals surface area contributed by atoms with Gasteiger partial charge in [0.15, 0.2) is 0 Å². The van der Waals surface area contributed by atoms with Gasteiger partial charge in [-0.1, -0.05) is 35.0 Å². The molecule has 0 bridgehead atoms. The summed E-state index contributed by atoms with van der Waals surface area (Å²) in [4.78, 5) is 12.2. The van der Waals surface area contributed by atoms with E-state index in [0.29, 0.717) is 22.5 Å². The molecule has 2 rings (SSSR count). The molecule has 0 saturated heterocycles. The van der Waals surface area contributed by atoms with Crippen LogP contribution in [0.2, 0.25) is 0 Å². The molecule has 0 aromatic heterocycles. The smallest absolute Gasteiger partial charge is 0.255 e. The van der Waals surface area contributed by atoms with Gasteiger partial charge >= 0.3 is 0 Å². The number of benzene rings is 2. The third-order valence-electron chi connectivity index (χ3n) is 2.72. The molecule has 0 fully saturated rings. The van der Waals surface area contributed by atoms with Crippen molar-refractivity contribution in [3.05, 3.63) is 58.3 Å². The van der Waals surface area contributed by atoms with Gasteiger partial charge in [-0.25, -0.2) is 4.39 Å². The van der Waals surface area contributed by atoms with E-state index in [1.165, 1.54) is 12.1 Å². The number of carbonyl (C=O) groups excluding carboxylic acids is 1. The Balaban J connectivity index is 2.19. The highest BCUT2D eigenvalue weighted by atomic mass is 79.9. The number of hydrogen-bond donors (Lipinski definition) is 1. The summed E-state index contributed by atoms with van der Waals surface area (Å²) in [5.74, 6) is -0.254. The fourth-order valence-electron chi connectivity index (χ4n) is 1.79. The van der Waals surface area contributed by atoms with Crippen LogP contribution in [0.25, 0.3) is 0 Å². The lowest BCUT2D eigenvalue weighted by Gasteiger charge is -2.12. The lowest BCUT2D eigenvalue weighted by Crippen LogP contribution is -2.13. The molecular weight excluding hydrogens is 337 g/mol. The molecular formula is C16H15BrFNO2. The molecule has 5 heteroatoms. The van der Waals surface area contributed by atoms with E-state index >= 15 is 0 Å². The van der Waals surface area contributed by atoms with Gasteiger partial charge < -0.3 is 10.1 Å². The highest BCUT2D eigenvalue weighted by Gasteiger charge is 2.11. The molecule has 0 saturated carbocycles. The molecule has 21 heavy (non-hydrogen) atoms. The number of nitrogens with one attached hydrogen (secondary N) is 1. The molecule has 0 aliphatic heterocycles. The zero-order valence-corrected chi connectivity index (χ0v) is 13.1. The van der Waals surface area contributed by atoms with E-state index in [-0.39, 0.29) is 11.5 Å². The Morgan fingerprint density at radius 1 is 1.29 bits per heavy atom. The molecule has 0 unspecified atom stereocenters. The zero-order chi connectivity index (χ0) is 15.2. The van der Waals surface area contributed by atoms with Gasteiger partial charge in [0.05, 0.1) is 12.3 Å². The number of halogens is 2. The van der Waals surface area contributed by atoms with Gasteiger partial charge in [-0.2, -0.15) is 0 Å². The minimum absolute atomic E-state index is 0.243. The van der Waals surface area contributed by atoms with Crippen molar-refractivity contribution in [2.75, 3.05) is 11.9 Å². The van der Waals surface area contributed by atoms with Crippen molar-refractivity contribution >= 4 is 27.5 Å². The van der Waals surface area contributed by atoms with Crippen LogP contribution in [0.15, 0.2) is 46.9 Å². The van der Waals surface area contributed by atoms with E-state index in [2.05, 4.69) is 21.2 Å². The monoisotopic (exact) mass is 351 g/mol. The van der Waals surface area contributed by atoms with Crippen molar-refractivity contribution in [3.63, 3.8) is 0 Å². The minimum Gasteiger partial charge on any atom is -0.491 e. The Hall–Kier alpha value is -1.88. The van der Waals surface area contributed by atoms with Gasteiger partial charge in [0, 0.05) is 10.0 Å². The first kappa shape index (κ1) is 15.5. The van der Waals surface area contributed by atoms with Crippen LogP contribution in [-0.4, -0.2) is 12.5 Å². The van der Waals surface area contributed by atoms with Crippen LogP contribution in [0.1, 0.15) is 23.7 Å². The maximum absolute atomic E-state index is 13.3. The van der Waals surface area contributed by atoms with E-state index in [1.807, 2.05) is 13.0 Å². The van der Waals surface area contributed by atoms with E-state index < -0.39 is 5.82 Å². The van der Waals surface area contributed by atoms with E-state index in [4.69, 9.17) is 4.74 Å². The molecule has 0 heterocycles. The number of carbonyl (C=O) groups is 1. The Labute approximate surface area is 131 Å². The summed E-state index contributed by atoms with van der Waals surface area (Å²) in [6.45, 7) is 2.57. The highest BCUT2D eigenvalue weighted by molar-refractivity contribution is 9.10. The lowest BCUT2D eigenvalue weighted by molar-refractivity contribution is 0.102. The van der Waals surface area contributed by atoms with Crippen LogP contribution in [0.4, 0.5) is 10.1 Å². The van der Waals surface area contributed by atoms with Gasteiger partial charge in [-0.15, -0.1) is 0 Å². The number of amides is 1. The summed E-state index contributed by atoms with van der Waals surface area (Å²) in [5.41, 5.74) is 0.809. The van der Waals surface area contributed by atoms with Crippen LogP contribution in [0.5, 0.6) is 5.75 Å². The molecule has 110 valence electrons. The molecule has 0 aliphatic carbocycles. The summed E-state index contributed by atoms with van der Waals surface area (Å²) >= 11 is 3.17. The van der Waals surface area contributed by atoms with E-state index in [1.54, 1.807) is 24.3 Å². The number of rotatable bonds is 5. The standard InChI is InChI=1S/C16H15BrFNO2/c1-2-7-21-15-6-4-3-5-14(15)19-16(20)11-8-12(17)10-13(18)9-11/h3-6,8-10H,2,7H2,1H3,(H,19,20). The van der Waals surface area contributed by atoms with Crippen molar-refractivity contribution < 1.29 is 13.9 Å². The largest absolute Gasteiger partial charge is 0.491 e. The van der Waals surface area contributed by atoms with Gasteiger partial charge in [0.2, 0.25) is 0 Å². The SMILES string of the molecule is CCCOc1ccccc1NC(=O)c1cc(F)cc(Br)c1. The van der Waals surface area contributed by atoms with Gasteiger partial charge in [0.1, 0.15) is 11.6 Å². The first-order valence-electron chi connectivity index (χ1n) is 6.59. The summed E-state index contributed by atoms with van der Waals surface area (Å²) in [6, 6.07) is 11.2. The van der Waals surface area contributed by atoms with Crippen molar-refractivity contribution in [1.82, 2.24) is 0 Å². The van der Waals surface area contributed by atoms with Crippen molar-refractivity contribution in [2.24, 2.45) is 0 Å². The number of anilines is 1. The molecule has 2 aromatic carbocycles. The summed E-state index contributed by atoms with van der Waals surface area (Å²) < 4.78 is 19.4. The topological polar surface area (TPSA) is 38.3 Å². The molecule has 0 atom stereocenters. The average Bonchev–Trinajstić information content (AvgIpc) is 2.45. The van der Waals surface area contributed by atoms with Gasteiger partial charge in [-0.05, 0) is 36.8 Å². The molecule has 0 aliphatic rings. The second kappa shape index (κ2) is 7.22. The molecule has 1 N–H and O–H groups in total.